The maximum Gasteiger partial charge on any atom is 0.186 e. The molecule has 3 rings (SSSR count). The largest absolute Gasteiger partial charge is 0.494 e. The third kappa shape index (κ3) is 4.95. The third-order valence-electron chi connectivity index (χ3n) is 5.19. The van der Waals surface area contributed by atoms with E-state index in [1.807, 2.05) is 6.92 Å². The van der Waals surface area contributed by atoms with Gasteiger partial charge in [0, 0.05) is 18.6 Å². The molecule has 0 bridgehead atoms. The number of aliphatic hydroxyl groups is 4. The van der Waals surface area contributed by atoms with Crippen molar-refractivity contribution in [1.29, 1.82) is 0 Å². The molecule has 1 aliphatic heterocycles. The maximum atomic E-state index is 10.7. The van der Waals surface area contributed by atoms with Crippen LogP contribution in [0.15, 0.2) is 42.5 Å². The van der Waals surface area contributed by atoms with Crippen LogP contribution in [-0.2, 0) is 15.9 Å². The SMILES string of the molecule is CCOc1ccc(C(O)Cc2cc([C@@H]3O[C@H](OC)[C@@H](O)[C@H](O)[C@H]3O)ccc2Cl)cc1. The zero-order chi connectivity index (χ0) is 21.8. The van der Waals surface area contributed by atoms with Crippen molar-refractivity contribution in [2.75, 3.05) is 13.7 Å². The molecule has 8 heteroatoms. The summed E-state index contributed by atoms with van der Waals surface area (Å²) in [4.78, 5) is 0. The van der Waals surface area contributed by atoms with Crippen molar-refractivity contribution < 1.29 is 34.6 Å². The summed E-state index contributed by atoms with van der Waals surface area (Å²) in [5.74, 6) is 0.727. The Kier molecular flexibility index (Phi) is 7.70. The summed E-state index contributed by atoms with van der Waals surface area (Å²) in [7, 11) is 1.34. The van der Waals surface area contributed by atoms with E-state index in [0.29, 0.717) is 28.3 Å². The summed E-state index contributed by atoms with van der Waals surface area (Å²) in [5.41, 5.74) is 1.92. The van der Waals surface area contributed by atoms with Crippen LogP contribution in [0.5, 0.6) is 5.75 Å². The number of benzene rings is 2. The Balaban J connectivity index is 1.79. The van der Waals surface area contributed by atoms with Crippen molar-refractivity contribution in [3.05, 3.63) is 64.2 Å². The Bertz CT molecular complexity index is 827. The fourth-order valence-electron chi connectivity index (χ4n) is 3.53. The molecule has 1 heterocycles. The average molecular weight is 439 g/mol. The van der Waals surface area contributed by atoms with E-state index in [0.717, 1.165) is 5.75 Å². The van der Waals surface area contributed by atoms with Crippen LogP contribution in [-0.4, -0.2) is 58.7 Å². The molecule has 30 heavy (non-hydrogen) atoms. The van der Waals surface area contributed by atoms with Crippen LogP contribution < -0.4 is 4.74 Å². The molecule has 1 unspecified atom stereocenters. The number of hydrogen-bond donors (Lipinski definition) is 4. The first-order valence-corrected chi connectivity index (χ1v) is 10.1. The predicted octanol–water partition coefficient (Wildman–Crippen LogP) is 2.14. The Labute approximate surface area is 180 Å². The van der Waals surface area contributed by atoms with Gasteiger partial charge in [0.15, 0.2) is 6.29 Å². The van der Waals surface area contributed by atoms with Crippen molar-refractivity contribution >= 4 is 11.6 Å². The fraction of sp³-hybridized carbons (Fsp3) is 0.455. The molecule has 0 radical (unpaired) electrons. The van der Waals surface area contributed by atoms with Gasteiger partial charge in [-0.3, -0.25) is 0 Å². The van der Waals surface area contributed by atoms with Crippen LogP contribution in [0.2, 0.25) is 5.02 Å². The molecule has 2 aromatic rings. The lowest BCUT2D eigenvalue weighted by atomic mass is 9.92. The average Bonchev–Trinajstić information content (AvgIpc) is 2.75. The number of aliphatic hydroxyl groups excluding tert-OH is 4. The van der Waals surface area contributed by atoms with Gasteiger partial charge in [0.25, 0.3) is 0 Å². The molecule has 164 valence electrons. The van der Waals surface area contributed by atoms with Crippen LogP contribution in [0, 0.1) is 0 Å². The molecule has 7 nitrogen and oxygen atoms in total. The summed E-state index contributed by atoms with van der Waals surface area (Å²) in [6.07, 6.45) is -6.71. The molecular weight excluding hydrogens is 412 g/mol. The Morgan fingerprint density at radius 1 is 1.03 bits per heavy atom. The molecule has 0 aromatic heterocycles. The van der Waals surface area contributed by atoms with Gasteiger partial charge in [-0.15, -0.1) is 0 Å². The van der Waals surface area contributed by atoms with Crippen molar-refractivity contribution in [1.82, 2.24) is 0 Å². The lowest BCUT2D eigenvalue weighted by molar-refractivity contribution is -0.292. The van der Waals surface area contributed by atoms with Gasteiger partial charge < -0.3 is 34.6 Å². The summed E-state index contributed by atoms with van der Waals surface area (Å²) in [5, 5.41) is 41.6. The standard InChI is InChI=1S/C22H27ClO7/c1-3-29-15-7-4-12(5-8-15)17(24)11-14-10-13(6-9-16(14)23)21-19(26)18(25)20(27)22(28-2)30-21/h4-10,17-22,24-27H,3,11H2,1-2H3/t17?,18-,19-,20+,21+,22+/m1/s1. The quantitative estimate of drug-likeness (QED) is 0.524. The van der Waals surface area contributed by atoms with E-state index in [-0.39, 0.29) is 6.42 Å². The minimum Gasteiger partial charge on any atom is -0.494 e. The van der Waals surface area contributed by atoms with E-state index in [4.69, 9.17) is 25.8 Å². The zero-order valence-corrected chi connectivity index (χ0v) is 17.6. The van der Waals surface area contributed by atoms with Crippen molar-refractivity contribution in [2.24, 2.45) is 0 Å². The topological polar surface area (TPSA) is 109 Å². The van der Waals surface area contributed by atoms with Gasteiger partial charge in [-0.05, 0) is 41.8 Å². The minimum atomic E-state index is -1.43. The third-order valence-corrected chi connectivity index (χ3v) is 5.56. The van der Waals surface area contributed by atoms with Crippen molar-refractivity contribution in [3.63, 3.8) is 0 Å². The number of ether oxygens (including phenoxy) is 3. The highest BCUT2D eigenvalue weighted by Gasteiger charge is 2.44. The van der Waals surface area contributed by atoms with Gasteiger partial charge in [-0.1, -0.05) is 35.9 Å². The number of hydrogen-bond acceptors (Lipinski definition) is 7. The van der Waals surface area contributed by atoms with Crippen molar-refractivity contribution in [3.8, 4) is 5.75 Å². The monoisotopic (exact) mass is 438 g/mol. The van der Waals surface area contributed by atoms with E-state index in [9.17, 15) is 20.4 Å². The molecule has 0 saturated carbocycles. The van der Waals surface area contributed by atoms with Crippen molar-refractivity contribution in [2.45, 2.75) is 50.2 Å². The highest BCUT2D eigenvalue weighted by Crippen LogP contribution is 2.35. The Morgan fingerprint density at radius 2 is 1.73 bits per heavy atom. The lowest BCUT2D eigenvalue weighted by Gasteiger charge is -2.40. The molecule has 1 fully saturated rings. The molecule has 1 saturated heterocycles. The molecule has 4 N–H and O–H groups in total. The first kappa shape index (κ1) is 23.0. The highest BCUT2D eigenvalue weighted by atomic mass is 35.5. The molecule has 0 aliphatic carbocycles. The molecule has 1 aliphatic rings. The first-order valence-electron chi connectivity index (χ1n) is 9.77. The second-order valence-electron chi connectivity index (χ2n) is 7.21. The van der Waals surface area contributed by atoms with Crippen LogP contribution >= 0.6 is 11.6 Å². The smallest absolute Gasteiger partial charge is 0.186 e. The molecule has 0 amide bonds. The van der Waals surface area contributed by atoms with E-state index < -0.39 is 36.8 Å². The summed E-state index contributed by atoms with van der Waals surface area (Å²) in [6.45, 7) is 2.47. The lowest BCUT2D eigenvalue weighted by Crippen LogP contribution is -2.54. The van der Waals surface area contributed by atoms with E-state index >= 15 is 0 Å². The normalized spacial score (nSPS) is 27.6. The Morgan fingerprint density at radius 3 is 2.37 bits per heavy atom. The number of methoxy groups -OCH3 is 1. The van der Waals surface area contributed by atoms with Gasteiger partial charge in [0.05, 0.1) is 12.7 Å². The molecule has 0 spiro atoms. The first-order chi connectivity index (χ1) is 14.3. The van der Waals surface area contributed by atoms with Gasteiger partial charge >= 0.3 is 0 Å². The predicted molar refractivity (Wildman–Crippen MR) is 110 cm³/mol. The number of rotatable bonds is 7. The second kappa shape index (κ2) is 10.1. The second-order valence-corrected chi connectivity index (χ2v) is 7.61. The Hall–Kier alpha value is -1.71. The van der Waals surface area contributed by atoms with Crippen LogP contribution in [0.1, 0.15) is 35.8 Å². The van der Waals surface area contributed by atoms with Gasteiger partial charge in [0.1, 0.15) is 30.2 Å². The van der Waals surface area contributed by atoms with E-state index in [1.165, 1.54) is 7.11 Å². The number of halogens is 1. The van der Waals surface area contributed by atoms with Crippen LogP contribution in [0.3, 0.4) is 0 Å². The minimum absolute atomic E-state index is 0.238. The zero-order valence-electron chi connectivity index (χ0n) is 16.8. The van der Waals surface area contributed by atoms with Gasteiger partial charge in [-0.25, -0.2) is 0 Å². The van der Waals surface area contributed by atoms with E-state index in [2.05, 4.69) is 0 Å². The van der Waals surface area contributed by atoms with Gasteiger partial charge in [0.2, 0.25) is 0 Å². The molecule has 6 atom stereocenters. The van der Waals surface area contributed by atoms with Gasteiger partial charge in [-0.2, -0.15) is 0 Å². The van der Waals surface area contributed by atoms with Crippen LogP contribution in [0.4, 0.5) is 0 Å². The molecular formula is C22H27ClO7. The summed E-state index contributed by atoms with van der Waals surface area (Å²) >= 11 is 6.33. The maximum absolute atomic E-state index is 10.7. The molecule has 2 aromatic carbocycles. The highest BCUT2D eigenvalue weighted by molar-refractivity contribution is 6.31. The summed E-state index contributed by atoms with van der Waals surface area (Å²) in [6, 6.07) is 12.2. The fourth-order valence-corrected chi connectivity index (χ4v) is 3.72. The van der Waals surface area contributed by atoms with E-state index in [1.54, 1.807) is 42.5 Å². The summed E-state index contributed by atoms with van der Waals surface area (Å²) < 4.78 is 16.1. The van der Waals surface area contributed by atoms with Crippen LogP contribution in [0.25, 0.3) is 0 Å².